The molecule has 0 radical (unpaired) electrons. The summed E-state index contributed by atoms with van der Waals surface area (Å²) in [6.45, 7) is 3.62. The number of hydrogen-bond acceptors (Lipinski definition) is 3. The number of β-amino-alcohol motifs (C(OH)–C–C–N with tert-alkyl or cyclic N) is 1. The molecule has 0 saturated carbocycles. The summed E-state index contributed by atoms with van der Waals surface area (Å²) in [6.07, 6.45) is 1.79. The van der Waals surface area contributed by atoms with Crippen molar-refractivity contribution in [2.24, 2.45) is 0 Å². The highest BCUT2D eigenvalue weighted by Crippen LogP contribution is 2.35. The topological polar surface area (TPSA) is 41.5 Å². The van der Waals surface area contributed by atoms with E-state index in [9.17, 15) is 5.11 Å². The summed E-state index contributed by atoms with van der Waals surface area (Å²) >= 11 is 0. The third-order valence-electron chi connectivity index (χ3n) is 3.22. The van der Waals surface area contributed by atoms with Crippen molar-refractivity contribution in [3.63, 3.8) is 0 Å². The van der Waals surface area contributed by atoms with Gasteiger partial charge in [0, 0.05) is 12.1 Å². The van der Waals surface area contributed by atoms with Gasteiger partial charge in [0.2, 0.25) is 0 Å². The van der Waals surface area contributed by atoms with E-state index in [2.05, 4.69) is 5.32 Å². The van der Waals surface area contributed by atoms with Gasteiger partial charge in [0.05, 0.1) is 7.11 Å². The molecular formula is C13H19NO2. The number of aryl methyl sites for hydroxylation is 1. The van der Waals surface area contributed by atoms with E-state index in [1.165, 1.54) is 0 Å². The molecule has 0 amide bonds. The Balaban J connectivity index is 2.40. The average Bonchev–Trinajstić information content (AvgIpc) is 2.30. The van der Waals surface area contributed by atoms with Gasteiger partial charge in [-0.05, 0) is 38.4 Å². The molecule has 1 aliphatic heterocycles. The van der Waals surface area contributed by atoms with E-state index in [0.717, 1.165) is 36.3 Å². The Bertz CT molecular complexity index is 370. The molecule has 0 aromatic heterocycles. The Morgan fingerprint density at radius 3 is 2.88 bits per heavy atom. The van der Waals surface area contributed by atoms with Crippen molar-refractivity contribution in [3.8, 4) is 5.75 Å². The second kappa shape index (κ2) is 4.44. The molecule has 88 valence electrons. The maximum Gasteiger partial charge on any atom is 0.125 e. The lowest BCUT2D eigenvalue weighted by molar-refractivity contribution is 0.0102. The quantitative estimate of drug-likeness (QED) is 0.796. The van der Waals surface area contributed by atoms with Crippen LogP contribution < -0.4 is 10.1 Å². The number of rotatable bonds is 2. The van der Waals surface area contributed by atoms with E-state index in [1.807, 2.05) is 25.1 Å². The molecule has 0 spiro atoms. The normalized spacial score (nSPS) is 25.4. The Morgan fingerprint density at radius 2 is 2.25 bits per heavy atom. The maximum absolute atomic E-state index is 10.6. The van der Waals surface area contributed by atoms with Crippen LogP contribution in [-0.2, 0) is 5.60 Å². The fourth-order valence-electron chi connectivity index (χ4n) is 2.30. The second-order valence-corrected chi connectivity index (χ2v) is 4.52. The van der Waals surface area contributed by atoms with Crippen LogP contribution in [0.2, 0.25) is 0 Å². The van der Waals surface area contributed by atoms with Crippen LogP contribution in [0.1, 0.15) is 24.0 Å². The number of piperidine rings is 1. The number of nitrogens with one attached hydrogen (secondary N) is 1. The van der Waals surface area contributed by atoms with Gasteiger partial charge in [0.15, 0.2) is 0 Å². The van der Waals surface area contributed by atoms with E-state index < -0.39 is 5.60 Å². The zero-order chi connectivity index (χ0) is 11.6. The minimum atomic E-state index is -0.782. The monoisotopic (exact) mass is 221 g/mol. The molecule has 1 atom stereocenters. The van der Waals surface area contributed by atoms with Crippen LogP contribution in [0, 0.1) is 6.92 Å². The van der Waals surface area contributed by atoms with Gasteiger partial charge in [-0.1, -0.05) is 11.6 Å². The van der Waals surface area contributed by atoms with Gasteiger partial charge in [-0.2, -0.15) is 0 Å². The highest BCUT2D eigenvalue weighted by molar-refractivity contribution is 5.41. The highest BCUT2D eigenvalue weighted by atomic mass is 16.5. The molecule has 16 heavy (non-hydrogen) atoms. The molecule has 0 bridgehead atoms. The lowest BCUT2D eigenvalue weighted by Crippen LogP contribution is -2.43. The van der Waals surface area contributed by atoms with E-state index in [4.69, 9.17) is 4.74 Å². The molecule has 1 fully saturated rings. The summed E-state index contributed by atoms with van der Waals surface area (Å²) in [7, 11) is 1.65. The van der Waals surface area contributed by atoms with E-state index in [0.29, 0.717) is 6.54 Å². The zero-order valence-corrected chi connectivity index (χ0v) is 9.92. The summed E-state index contributed by atoms with van der Waals surface area (Å²) in [5.41, 5.74) is 1.27. The lowest BCUT2D eigenvalue weighted by atomic mass is 9.85. The first-order valence-electron chi connectivity index (χ1n) is 5.74. The summed E-state index contributed by atoms with van der Waals surface area (Å²) < 4.78 is 5.33. The maximum atomic E-state index is 10.6. The van der Waals surface area contributed by atoms with Crippen molar-refractivity contribution in [2.75, 3.05) is 20.2 Å². The molecule has 2 rings (SSSR count). The summed E-state index contributed by atoms with van der Waals surface area (Å²) in [4.78, 5) is 0. The molecule has 3 nitrogen and oxygen atoms in total. The molecule has 1 saturated heterocycles. The van der Waals surface area contributed by atoms with E-state index >= 15 is 0 Å². The predicted octanol–water partition coefficient (Wildman–Crippen LogP) is 1.57. The third-order valence-corrected chi connectivity index (χ3v) is 3.22. The van der Waals surface area contributed by atoms with Crippen molar-refractivity contribution in [2.45, 2.75) is 25.4 Å². The lowest BCUT2D eigenvalue weighted by Gasteiger charge is -2.34. The minimum Gasteiger partial charge on any atom is -0.496 e. The minimum absolute atomic E-state index is 0.604. The van der Waals surface area contributed by atoms with Crippen LogP contribution in [-0.4, -0.2) is 25.3 Å². The molecule has 1 aromatic carbocycles. The Morgan fingerprint density at radius 1 is 1.44 bits per heavy atom. The average molecular weight is 221 g/mol. The van der Waals surface area contributed by atoms with Gasteiger partial charge >= 0.3 is 0 Å². The van der Waals surface area contributed by atoms with Crippen molar-refractivity contribution < 1.29 is 9.84 Å². The van der Waals surface area contributed by atoms with Crippen molar-refractivity contribution >= 4 is 0 Å². The Kier molecular flexibility index (Phi) is 3.17. The van der Waals surface area contributed by atoms with Gasteiger partial charge in [0.1, 0.15) is 11.4 Å². The first-order chi connectivity index (χ1) is 7.65. The fourth-order valence-corrected chi connectivity index (χ4v) is 2.30. The van der Waals surface area contributed by atoms with Crippen LogP contribution in [0.4, 0.5) is 0 Å². The second-order valence-electron chi connectivity index (χ2n) is 4.52. The van der Waals surface area contributed by atoms with Gasteiger partial charge in [0.25, 0.3) is 0 Å². The standard InChI is InChI=1S/C13H19NO2/c1-10-4-5-12(16-2)11(8-10)13(15)6-3-7-14-9-13/h4-5,8,14-15H,3,6-7,9H2,1-2H3. The number of benzene rings is 1. The Labute approximate surface area is 96.4 Å². The van der Waals surface area contributed by atoms with E-state index in [-0.39, 0.29) is 0 Å². The SMILES string of the molecule is COc1ccc(C)cc1C1(O)CCCNC1. The highest BCUT2D eigenvalue weighted by Gasteiger charge is 2.33. The van der Waals surface area contributed by atoms with Crippen LogP contribution in [0.25, 0.3) is 0 Å². The molecule has 1 aliphatic rings. The van der Waals surface area contributed by atoms with Gasteiger partial charge in [-0.25, -0.2) is 0 Å². The van der Waals surface area contributed by atoms with Crippen molar-refractivity contribution in [3.05, 3.63) is 29.3 Å². The van der Waals surface area contributed by atoms with E-state index in [1.54, 1.807) is 7.11 Å². The first-order valence-corrected chi connectivity index (χ1v) is 5.74. The molecule has 2 N–H and O–H groups in total. The molecular weight excluding hydrogens is 202 g/mol. The van der Waals surface area contributed by atoms with Crippen molar-refractivity contribution in [1.82, 2.24) is 5.32 Å². The van der Waals surface area contributed by atoms with Gasteiger partial charge < -0.3 is 15.2 Å². The van der Waals surface area contributed by atoms with Crippen LogP contribution in [0.5, 0.6) is 5.75 Å². The van der Waals surface area contributed by atoms with Crippen LogP contribution >= 0.6 is 0 Å². The summed E-state index contributed by atoms with van der Waals surface area (Å²) in [6, 6.07) is 5.95. The molecule has 0 aliphatic carbocycles. The van der Waals surface area contributed by atoms with Crippen LogP contribution in [0.15, 0.2) is 18.2 Å². The smallest absolute Gasteiger partial charge is 0.125 e. The summed E-state index contributed by atoms with van der Waals surface area (Å²) in [5.74, 6) is 0.775. The van der Waals surface area contributed by atoms with Gasteiger partial charge in [-0.15, -0.1) is 0 Å². The fraction of sp³-hybridized carbons (Fsp3) is 0.538. The van der Waals surface area contributed by atoms with Crippen LogP contribution in [0.3, 0.4) is 0 Å². The number of aliphatic hydroxyl groups is 1. The zero-order valence-electron chi connectivity index (χ0n) is 9.92. The number of ether oxygens (including phenoxy) is 1. The largest absolute Gasteiger partial charge is 0.496 e. The van der Waals surface area contributed by atoms with Crippen molar-refractivity contribution in [1.29, 1.82) is 0 Å². The summed E-state index contributed by atoms with van der Waals surface area (Å²) in [5, 5.41) is 13.9. The van der Waals surface area contributed by atoms with Gasteiger partial charge in [-0.3, -0.25) is 0 Å². The Hall–Kier alpha value is -1.06. The predicted molar refractivity (Wildman–Crippen MR) is 63.7 cm³/mol. The molecule has 3 heteroatoms. The molecule has 1 heterocycles. The number of hydrogen-bond donors (Lipinski definition) is 2. The number of methoxy groups -OCH3 is 1. The first kappa shape index (κ1) is 11.4. The third kappa shape index (κ3) is 2.06. The molecule has 1 aromatic rings. The molecule has 1 unspecified atom stereocenters.